The number of nitrogens with zero attached hydrogens (tertiary/aromatic N) is 3. The molecule has 2 aromatic carbocycles. The summed E-state index contributed by atoms with van der Waals surface area (Å²) in [4.78, 5) is 11.9. The fourth-order valence-electron chi connectivity index (χ4n) is 2.77. The minimum atomic E-state index is -0.443. The Morgan fingerprint density at radius 1 is 1.18 bits per heavy atom. The Kier molecular flexibility index (Phi) is 6.33. The number of azo groups is 1. The molecular formula is C20H20N4O3S. The van der Waals surface area contributed by atoms with Gasteiger partial charge in [-0.3, -0.25) is 9.36 Å². The normalized spacial score (nSPS) is 11.0. The first-order chi connectivity index (χ1) is 13.6. The van der Waals surface area contributed by atoms with Crippen LogP contribution in [0.15, 0.2) is 64.8 Å². The van der Waals surface area contributed by atoms with E-state index in [1.807, 2.05) is 42.5 Å². The van der Waals surface area contributed by atoms with Crippen molar-refractivity contribution in [1.29, 1.82) is 0 Å². The van der Waals surface area contributed by atoms with Crippen LogP contribution in [0.1, 0.15) is 12.5 Å². The molecule has 7 nitrogen and oxygen atoms in total. The van der Waals surface area contributed by atoms with Crippen molar-refractivity contribution in [2.24, 2.45) is 10.2 Å². The van der Waals surface area contributed by atoms with Gasteiger partial charge in [0, 0.05) is 11.9 Å². The minimum Gasteiger partial charge on any atom is -0.493 e. The fourth-order valence-corrected chi connectivity index (χ4v) is 2.88. The molecule has 0 saturated carbocycles. The Bertz CT molecular complexity index is 1010. The monoisotopic (exact) mass is 396 g/mol. The number of fused-ring (bicyclic) bond motifs is 1. The Hall–Kier alpha value is -3.26. The average molecular weight is 396 g/mol. The van der Waals surface area contributed by atoms with E-state index in [2.05, 4.69) is 15.5 Å². The number of nitrogens with one attached hydrogen (secondary N) is 1. The van der Waals surface area contributed by atoms with Crippen LogP contribution in [0.2, 0.25) is 0 Å². The molecule has 0 aliphatic rings. The predicted molar refractivity (Wildman–Crippen MR) is 111 cm³/mol. The molecule has 3 aromatic rings. The van der Waals surface area contributed by atoms with Gasteiger partial charge in [0.25, 0.3) is 0 Å². The second-order valence-electron chi connectivity index (χ2n) is 5.92. The van der Waals surface area contributed by atoms with Crippen LogP contribution in [0, 0.1) is 0 Å². The molecule has 0 radical (unpaired) electrons. The van der Waals surface area contributed by atoms with Crippen LogP contribution < -0.4 is 5.32 Å². The maximum absolute atomic E-state index is 11.9. The molecule has 144 valence electrons. The molecule has 8 heteroatoms. The van der Waals surface area contributed by atoms with Gasteiger partial charge in [0.15, 0.2) is 5.69 Å². The van der Waals surface area contributed by atoms with Crippen molar-refractivity contribution in [1.82, 2.24) is 9.88 Å². The lowest BCUT2D eigenvalue weighted by atomic mass is 10.2. The zero-order valence-electron chi connectivity index (χ0n) is 15.3. The standard InChI is InChI=1S/C20H20N4O3S/c1-2-27-17(25)13-24-16-11-7-6-10-15(16)18(19(24)26)22-23-20(28)21-12-14-8-4-3-5-9-14/h3-11,26H,2,12-13H2,1H3,(H,21,28). The molecule has 0 bridgehead atoms. The van der Waals surface area contributed by atoms with Crippen molar-refractivity contribution in [3.05, 3.63) is 60.2 Å². The summed E-state index contributed by atoms with van der Waals surface area (Å²) < 4.78 is 6.42. The second-order valence-corrected chi connectivity index (χ2v) is 6.31. The van der Waals surface area contributed by atoms with Crippen molar-refractivity contribution in [2.75, 3.05) is 6.61 Å². The number of thiocarbonyl (C=S) groups is 1. The first kappa shape index (κ1) is 19.5. The molecule has 0 aliphatic carbocycles. The third kappa shape index (κ3) is 4.52. The van der Waals surface area contributed by atoms with E-state index in [0.717, 1.165) is 5.56 Å². The summed E-state index contributed by atoms with van der Waals surface area (Å²) in [5, 5.41) is 22.6. The summed E-state index contributed by atoms with van der Waals surface area (Å²) in [6.45, 7) is 2.41. The average Bonchev–Trinajstić information content (AvgIpc) is 2.97. The minimum absolute atomic E-state index is 0.119. The quantitative estimate of drug-likeness (QED) is 0.373. The number of aromatic hydroxyl groups is 1. The molecule has 28 heavy (non-hydrogen) atoms. The van der Waals surface area contributed by atoms with Crippen LogP contribution in [0.4, 0.5) is 5.69 Å². The summed E-state index contributed by atoms with van der Waals surface area (Å²) >= 11 is 5.20. The van der Waals surface area contributed by atoms with E-state index in [9.17, 15) is 9.90 Å². The van der Waals surface area contributed by atoms with E-state index in [1.54, 1.807) is 19.1 Å². The fraction of sp³-hybridized carbons (Fsp3) is 0.200. The van der Waals surface area contributed by atoms with E-state index in [1.165, 1.54) is 4.57 Å². The SMILES string of the molecule is CCOC(=O)Cn1c(O)c(N=NC(=S)NCc2ccccc2)c2ccccc21. The van der Waals surface area contributed by atoms with Crippen LogP contribution in [-0.2, 0) is 22.6 Å². The van der Waals surface area contributed by atoms with Crippen molar-refractivity contribution < 1.29 is 14.6 Å². The van der Waals surface area contributed by atoms with Crippen molar-refractivity contribution in [3.63, 3.8) is 0 Å². The molecular weight excluding hydrogens is 376 g/mol. The second kappa shape index (κ2) is 9.09. The van der Waals surface area contributed by atoms with E-state index in [4.69, 9.17) is 17.0 Å². The number of hydrogen-bond donors (Lipinski definition) is 2. The number of aromatic nitrogens is 1. The highest BCUT2D eigenvalue weighted by Gasteiger charge is 2.18. The summed E-state index contributed by atoms with van der Waals surface area (Å²) in [7, 11) is 0. The molecule has 0 fully saturated rings. The molecule has 0 amide bonds. The van der Waals surface area contributed by atoms with Gasteiger partial charge >= 0.3 is 5.97 Å². The van der Waals surface area contributed by atoms with Crippen LogP contribution in [-0.4, -0.2) is 27.4 Å². The summed E-state index contributed by atoms with van der Waals surface area (Å²) in [6.07, 6.45) is 0. The lowest BCUT2D eigenvalue weighted by Gasteiger charge is -2.06. The number of carbonyl (C=O) groups is 1. The van der Waals surface area contributed by atoms with Crippen LogP contribution in [0.25, 0.3) is 10.9 Å². The predicted octanol–water partition coefficient (Wildman–Crippen LogP) is 4.07. The summed E-state index contributed by atoms with van der Waals surface area (Å²) in [6, 6.07) is 17.0. The van der Waals surface area contributed by atoms with Crippen LogP contribution in [0.3, 0.4) is 0 Å². The maximum Gasteiger partial charge on any atom is 0.326 e. The third-order valence-corrected chi connectivity index (χ3v) is 4.26. The molecule has 2 N–H and O–H groups in total. The third-order valence-electron chi connectivity index (χ3n) is 4.04. The van der Waals surface area contributed by atoms with Gasteiger partial charge in [-0.1, -0.05) is 48.5 Å². The molecule has 0 unspecified atom stereocenters. The first-order valence-electron chi connectivity index (χ1n) is 8.79. The number of benzene rings is 2. The molecule has 0 aliphatic heterocycles. The molecule has 0 saturated heterocycles. The lowest BCUT2D eigenvalue weighted by Crippen LogP contribution is -2.18. The van der Waals surface area contributed by atoms with Gasteiger partial charge < -0.3 is 15.2 Å². The Morgan fingerprint density at radius 2 is 1.89 bits per heavy atom. The highest BCUT2D eigenvalue weighted by atomic mass is 32.1. The Labute approximate surface area is 167 Å². The summed E-state index contributed by atoms with van der Waals surface area (Å²) in [5.41, 5.74) is 1.97. The number of esters is 1. The zero-order valence-corrected chi connectivity index (χ0v) is 16.1. The van der Waals surface area contributed by atoms with Gasteiger partial charge in [-0.25, -0.2) is 0 Å². The lowest BCUT2D eigenvalue weighted by molar-refractivity contribution is -0.143. The number of carbonyl (C=O) groups excluding carboxylic acids is 1. The number of rotatable bonds is 6. The van der Waals surface area contributed by atoms with Crippen LogP contribution in [0.5, 0.6) is 5.88 Å². The molecule has 0 atom stereocenters. The van der Waals surface area contributed by atoms with Gasteiger partial charge in [0.05, 0.1) is 12.1 Å². The summed E-state index contributed by atoms with van der Waals surface area (Å²) in [5.74, 6) is -0.606. The van der Waals surface area contributed by atoms with Gasteiger partial charge in [0.1, 0.15) is 6.54 Å². The van der Waals surface area contributed by atoms with Crippen LogP contribution >= 0.6 is 12.2 Å². The van der Waals surface area contributed by atoms with Crippen molar-refractivity contribution >= 4 is 39.9 Å². The topological polar surface area (TPSA) is 88.2 Å². The van der Waals surface area contributed by atoms with E-state index >= 15 is 0 Å². The maximum atomic E-state index is 11.9. The number of hydrogen-bond acceptors (Lipinski definition) is 5. The van der Waals surface area contributed by atoms with Gasteiger partial charge in [-0.15, -0.1) is 10.2 Å². The Morgan fingerprint density at radius 3 is 2.64 bits per heavy atom. The van der Waals surface area contributed by atoms with E-state index < -0.39 is 5.97 Å². The molecule has 1 heterocycles. The van der Waals surface area contributed by atoms with Gasteiger partial charge in [0.2, 0.25) is 11.0 Å². The first-order valence-corrected chi connectivity index (χ1v) is 9.20. The number of ether oxygens (including phenoxy) is 1. The zero-order chi connectivity index (χ0) is 19.9. The van der Waals surface area contributed by atoms with E-state index in [-0.39, 0.29) is 29.8 Å². The smallest absolute Gasteiger partial charge is 0.326 e. The Balaban J connectivity index is 1.80. The molecule has 0 spiro atoms. The van der Waals surface area contributed by atoms with Gasteiger partial charge in [-0.2, -0.15) is 0 Å². The highest BCUT2D eigenvalue weighted by molar-refractivity contribution is 7.80. The van der Waals surface area contributed by atoms with Crippen molar-refractivity contribution in [3.8, 4) is 5.88 Å². The molecule has 1 aromatic heterocycles. The van der Waals surface area contributed by atoms with Gasteiger partial charge in [-0.05, 0) is 30.8 Å². The molecule has 3 rings (SSSR count). The van der Waals surface area contributed by atoms with Crippen molar-refractivity contribution in [2.45, 2.75) is 20.0 Å². The highest BCUT2D eigenvalue weighted by Crippen LogP contribution is 2.38. The van der Waals surface area contributed by atoms with E-state index in [0.29, 0.717) is 17.4 Å². The number of para-hydroxylation sites is 1. The largest absolute Gasteiger partial charge is 0.493 e.